The third-order valence-corrected chi connectivity index (χ3v) is 4.04. The number of rotatable bonds is 5. The van der Waals surface area contributed by atoms with Crippen LogP contribution in [0.1, 0.15) is 29.8 Å². The maximum Gasteiger partial charge on any atom is 0.251 e. The first-order valence-corrected chi connectivity index (χ1v) is 7.58. The van der Waals surface area contributed by atoms with Crippen LogP contribution < -0.4 is 10.5 Å². The van der Waals surface area contributed by atoms with E-state index in [-0.39, 0.29) is 16.4 Å². The van der Waals surface area contributed by atoms with E-state index in [1.54, 1.807) is 26.2 Å². The number of sulfonamides is 1. The van der Waals surface area contributed by atoms with Gasteiger partial charge in [0, 0.05) is 19.2 Å². The molecule has 0 spiro atoms. The fourth-order valence-corrected chi connectivity index (χ4v) is 2.32. The lowest BCUT2D eigenvalue weighted by Crippen LogP contribution is -2.39. The van der Waals surface area contributed by atoms with Crippen molar-refractivity contribution in [3.8, 4) is 0 Å². The standard InChI is InChI=1S/C13H20N2O4S/c1-9-5-6-10(7-11(9)20(14,17)18)12(16)15-8-13(2,3)19-4/h5-7H,8H2,1-4H3,(H,15,16)(H2,14,17,18). The summed E-state index contributed by atoms with van der Waals surface area (Å²) >= 11 is 0. The highest BCUT2D eigenvalue weighted by Gasteiger charge is 2.19. The van der Waals surface area contributed by atoms with Crippen LogP contribution in [0.25, 0.3) is 0 Å². The Morgan fingerprint density at radius 3 is 2.50 bits per heavy atom. The molecule has 0 aliphatic rings. The number of primary sulfonamides is 1. The van der Waals surface area contributed by atoms with E-state index in [1.165, 1.54) is 6.07 Å². The molecule has 20 heavy (non-hydrogen) atoms. The van der Waals surface area contributed by atoms with Crippen molar-refractivity contribution >= 4 is 15.9 Å². The van der Waals surface area contributed by atoms with Gasteiger partial charge in [-0.3, -0.25) is 4.79 Å². The minimum absolute atomic E-state index is 0.0452. The van der Waals surface area contributed by atoms with Gasteiger partial charge in [-0.2, -0.15) is 0 Å². The fraction of sp³-hybridized carbons (Fsp3) is 0.462. The van der Waals surface area contributed by atoms with Crippen molar-refractivity contribution in [3.63, 3.8) is 0 Å². The van der Waals surface area contributed by atoms with Gasteiger partial charge in [0.1, 0.15) is 0 Å². The number of benzene rings is 1. The van der Waals surface area contributed by atoms with Crippen molar-refractivity contribution in [2.24, 2.45) is 5.14 Å². The van der Waals surface area contributed by atoms with E-state index in [2.05, 4.69) is 5.32 Å². The minimum atomic E-state index is -3.84. The Labute approximate surface area is 119 Å². The summed E-state index contributed by atoms with van der Waals surface area (Å²) in [5, 5.41) is 7.80. The first-order valence-electron chi connectivity index (χ1n) is 6.03. The average molecular weight is 300 g/mol. The van der Waals surface area contributed by atoms with E-state index in [0.717, 1.165) is 0 Å². The second kappa shape index (κ2) is 5.90. The lowest BCUT2D eigenvalue weighted by molar-refractivity contribution is 0.0228. The summed E-state index contributed by atoms with van der Waals surface area (Å²) < 4.78 is 28.0. The molecule has 0 heterocycles. The molecule has 1 rings (SSSR count). The highest BCUT2D eigenvalue weighted by molar-refractivity contribution is 7.89. The van der Waals surface area contributed by atoms with Crippen molar-refractivity contribution in [1.82, 2.24) is 5.32 Å². The zero-order chi connectivity index (χ0) is 15.6. The number of methoxy groups -OCH3 is 1. The van der Waals surface area contributed by atoms with E-state index < -0.39 is 15.6 Å². The van der Waals surface area contributed by atoms with Crippen molar-refractivity contribution < 1.29 is 17.9 Å². The van der Waals surface area contributed by atoms with Gasteiger partial charge < -0.3 is 10.1 Å². The number of ether oxygens (including phenoxy) is 1. The molecule has 3 N–H and O–H groups in total. The highest BCUT2D eigenvalue weighted by atomic mass is 32.2. The summed E-state index contributed by atoms with van der Waals surface area (Å²) in [5.74, 6) is -0.375. The Morgan fingerprint density at radius 1 is 1.40 bits per heavy atom. The molecule has 1 aromatic carbocycles. The molecule has 0 aliphatic heterocycles. The van der Waals surface area contributed by atoms with Crippen LogP contribution in [0, 0.1) is 6.92 Å². The normalized spacial score (nSPS) is 12.2. The van der Waals surface area contributed by atoms with Gasteiger partial charge in [-0.15, -0.1) is 0 Å². The topological polar surface area (TPSA) is 98.5 Å². The largest absolute Gasteiger partial charge is 0.377 e. The van der Waals surface area contributed by atoms with Gasteiger partial charge in [0.25, 0.3) is 5.91 Å². The monoisotopic (exact) mass is 300 g/mol. The van der Waals surface area contributed by atoms with Crippen LogP contribution >= 0.6 is 0 Å². The second-order valence-electron chi connectivity index (χ2n) is 5.17. The number of hydrogen-bond acceptors (Lipinski definition) is 4. The SMILES string of the molecule is COC(C)(C)CNC(=O)c1ccc(C)c(S(N)(=O)=O)c1. The first-order chi connectivity index (χ1) is 9.07. The Hall–Kier alpha value is -1.44. The lowest BCUT2D eigenvalue weighted by atomic mass is 10.1. The zero-order valence-corrected chi connectivity index (χ0v) is 12.9. The van der Waals surface area contributed by atoms with Gasteiger partial charge in [0.05, 0.1) is 10.5 Å². The van der Waals surface area contributed by atoms with Crippen LogP contribution in [-0.2, 0) is 14.8 Å². The first kappa shape index (κ1) is 16.6. The van der Waals surface area contributed by atoms with Crippen LogP contribution in [0.4, 0.5) is 0 Å². The van der Waals surface area contributed by atoms with Crippen molar-refractivity contribution in [3.05, 3.63) is 29.3 Å². The quantitative estimate of drug-likeness (QED) is 0.840. The van der Waals surface area contributed by atoms with Gasteiger partial charge in [0.15, 0.2) is 0 Å². The number of carbonyl (C=O) groups is 1. The molecule has 1 aromatic rings. The summed E-state index contributed by atoms with van der Waals surface area (Å²) in [4.78, 5) is 12.0. The molecule has 7 heteroatoms. The van der Waals surface area contributed by atoms with Gasteiger partial charge in [-0.05, 0) is 38.5 Å². The van der Waals surface area contributed by atoms with E-state index in [4.69, 9.17) is 9.88 Å². The van der Waals surface area contributed by atoms with Crippen molar-refractivity contribution in [1.29, 1.82) is 0 Å². The average Bonchev–Trinajstić information content (AvgIpc) is 2.35. The van der Waals surface area contributed by atoms with Gasteiger partial charge in [-0.25, -0.2) is 13.6 Å². The molecule has 0 aromatic heterocycles. The van der Waals surface area contributed by atoms with Crippen molar-refractivity contribution in [2.75, 3.05) is 13.7 Å². The number of amides is 1. The number of aryl methyl sites for hydroxylation is 1. The van der Waals surface area contributed by atoms with Crippen LogP contribution in [0.3, 0.4) is 0 Å². The van der Waals surface area contributed by atoms with E-state index in [9.17, 15) is 13.2 Å². The molecule has 1 amide bonds. The summed E-state index contributed by atoms with van der Waals surface area (Å²) in [6, 6.07) is 4.38. The maximum atomic E-state index is 12.0. The molecule has 6 nitrogen and oxygen atoms in total. The molecule has 0 unspecified atom stereocenters. The predicted molar refractivity (Wildman–Crippen MR) is 76.0 cm³/mol. The molecule has 0 radical (unpaired) electrons. The zero-order valence-electron chi connectivity index (χ0n) is 12.1. The van der Waals surface area contributed by atoms with Crippen LogP contribution in [0.5, 0.6) is 0 Å². The highest BCUT2D eigenvalue weighted by Crippen LogP contribution is 2.16. The number of nitrogens with two attached hydrogens (primary N) is 1. The van der Waals surface area contributed by atoms with Gasteiger partial charge in [0.2, 0.25) is 10.0 Å². The van der Waals surface area contributed by atoms with Crippen molar-refractivity contribution in [2.45, 2.75) is 31.3 Å². The third-order valence-electron chi connectivity index (χ3n) is 2.98. The predicted octanol–water partition coefficient (Wildman–Crippen LogP) is 0.797. The van der Waals surface area contributed by atoms with E-state index >= 15 is 0 Å². The smallest absolute Gasteiger partial charge is 0.251 e. The number of carbonyl (C=O) groups excluding carboxylic acids is 1. The lowest BCUT2D eigenvalue weighted by Gasteiger charge is -2.23. The Morgan fingerprint density at radius 2 is 2.00 bits per heavy atom. The summed E-state index contributed by atoms with van der Waals surface area (Å²) in [6.07, 6.45) is 0. The maximum absolute atomic E-state index is 12.0. The Kier molecular flexibility index (Phi) is 4.90. The third kappa shape index (κ3) is 4.29. The molecular formula is C13H20N2O4S. The van der Waals surface area contributed by atoms with E-state index in [0.29, 0.717) is 12.1 Å². The van der Waals surface area contributed by atoms with Gasteiger partial charge >= 0.3 is 0 Å². The molecule has 0 saturated carbocycles. The molecule has 0 aliphatic carbocycles. The number of hydrogen-bond donors (Lipinski definition) is 2. The second-order valence-corrected chi connectivity index (χ2v) is 6.70. The van der Waals surface area contributed by atoms with Crippen LogP contribution in [-0.4, -0.2) is 33.6 Å². The minimum Gasteiger partial charge on any atom is -0.377 e. The fourth-order valence-electron chi connectivity index (χ4n) is 1.52. The number of nitrogens with one attached hydrogen (secondary N) is 1. The molecule has 0 bridgehead atoms. The summed E-state index contributed by atoms with van der Waals surface area (Å²) in [5.41, 5.74) is 0.246. The molecule has 0 saturated heterocycles. The van der Waals surface area contributed by atoms with E-state index in [1.807, 2.05) is 13.8 Å². The van der Waals surface area contributed by atoms with Crippen LogP contribution in [0.2, 0.25) is 0 Å². The molecular weight excluding hydrogens is 280 g/mol. The molecule has 0 atom stereocenters. The molecule has 112 valence electrons. The molecule has 0 fully saturated rings. The summed E-state index contributed by atoms with van der Waals surface area (Å²) in [7, 11) is -2.29. The van der Waals surface area contributed by atoms with Crippen LogP contribution in [0.15, 0.2) is 23.1 Å². The Bertz CT molecular complexity index is 609. The Balaban J connectivity index is 2.96. The van der Waals surface area contributed by atoms with Gasteiger partial charge in [-0.1, -0.05) is 6.07 Å². The summed E-state index contributed by atoms with van der Waals surface area (Å²) in [6.45, 7) is 5.59.